The van der Waals surface area contributed by atoms with Crippen LogP contribution in [0.5, 0.6) is 0 Å². The van der Waals surface area contributed by atoms with Gasteiger partial charge in [-0.25, -0.2) is 27.3 Å². The Hall–Kier alpha value is -5.50. The quantitative estimate of drug-likeness (QED) is 0.141. The molecular formula is C39H42F3N7O5S. The Morgan fingerprint density at radius 1 is 1.00 bits per heavy atom. The summed E-state index contributed by atoms with van der Waals surface area (Å²) in [5, 5.41) is 17.1. The van der Waals surface area contributed by atoms with Crippen molar-refractivity contribution >= 4 is 16.1 Å². The van der Waals surface area contributed by atoms with Gasteiger partial charge in [-0.1, -0.05) is 43.5 Å². The molecule has 2 aromatic heterocycles. The highest BCUT2D eigenvalue weighted by molar-refractivity contribution is 7.85. The zero-order chi connectivity index (χ0) is 40.1. The predicted molar refractivity (Wildman–Crippen MR) is 199 cm³/mol. The summed E-state index contributed by atoms with van der Waals surface area (Å²) in [7, 11) is 1.95. The van der Waals surface area contributed by atoms with Gasteiger partial charge in [0, 0.05) is 12.5 Å². The van der Waals surface area contributed by atoms with Crippen molar-refractivity contribution in [1.29, 1.82) is 5.26 Å². The number of aromatic nitrogens is 4. The van der Waals surface area contributed by atoms with Crippen LogP contribution in [-0.2, 0) is 22.7 Å². The zero-order valence-electron chi connectivity index (χ0n) is 30.9. The van der Waals surface area contributed by atoms with Gasteiger partial charge in [0.25, 0.3) is 0 Å². The molecule has 0 unspecified atom stereocenters. The van der Waals surface area contributed by atoms with E-state index in [1.54, 1.807) is 48.1 Å². The molecule has 0 saturated heterocycles. The molecule has 55 heavy (non-hydrogen) atoms. The summed E-state index contributed by atoms with van der Waals surface area (Å²) in [6.07, 6.45) is 2.09. The molecule has 16 heteroatoms. The van der Waals surface area contributed by atoms with Crippen LogP contribution >= 0.6 is 0 Å². The first-order chi connectivity index (χ1) is 25.9. The van der Waals surface area contributed by atoms with Crippen LogP contribution < -0.4 is 11.0 Å². The Morgan fingerprint density at radius 3 is 2.29 bits per heavy atom. The van der Waals surface area contributed by atoms with Crippen LogP contribution in [-0.4, -0.2) is 76.1 Å². The minimum atomic E-state index is -4.62. The van der Waals surface area contributed by atoms with Crippen LogP contribution in [0.1, 0.15) is 54.5 Å². The van der Waals surface area contributed by atoms with Gasteiger partial charge in [0.1, 0.15) is 15.8 Å². The van der Waals surface area contributed by atoms with E-state index in [2.05, 4.69) is 37.6 Å². The minimum absolute atomic E-state index is 0.00846. The summed E-state index contributed by atoms with van der Waals surface area (Å²) in [4.78, 5) is 27.8. The Balaban J connectivity index is 0.000000504. The number of hydrogen-bond donors (Lipinski definition) is 1. The number of nitrogens with zero attached hydrogens (tertiary/aromatic N) is 6. The first-order valence-corrected chi connectivity index (χ1v) is 19.0. The number of carbonyl (C=O) groups excluding carboxylic acids is 1. The highest BCUT2D eigenvalue weighted by atomic mass is 32.2. The number of benzene rings is 3. The van der Waals surface area contributed by atoms with Crippen molar-refractivity contribution < 1.29 is 35.4 Å². The number of alkyl halides is 3. The molecular weight excluding hydrogens is 736 g/mol. The van der Waals surface area contributed by atoms with Gasteiger partial charge in [-0.15, -0.1) is 0 Å². The number of quaternary nitrogens is 1. The maximum absolute atomic E-state index is 14.1. The topological polar surface area (TPSA) is 155 Å². The van der Waals surface area contributed by atoms with Gasteiger partial charge < -0.3 is 14.4 Å². The van der Waals surface area contributed by atoms with Gasteiger partial charge in [-0.2, -0.15) is 23.5 Å². The molecule has 1 aliphatic rings. The van der Waals surface area contributed by atoms with Gasteiger partial charge >= 0.3 is 17.9 Å². The van der Waals surface area contributed by atoms with Gasteiger partial charge in [0.2, 0.25) is 0 Å². The molecule has 0 spiro atoms. The lowest BCUT2D eigenvalue weighted by atomic mass is 9.96. The third-order valence-corrected chi connectivity index (χ3v) is 10.1. The average Bonchev–Trinajstić information content (AvgIpc) is 3.72. The Kier molecular flexibility index (Phi) is 12.2. The Labute approximate surface area is 317 Å². The second-order valence-corrected chi connectivity index (χ2v) is 15.7. The molecule has 3 aromatic carbocycles. The molecule has 12 nitrogen and oxygen atoms in total. The molecule has 2 heterocycles. The number of carbonyl (C=O) groups is 1. The fraction of sp³-hybridized carbons (Fsp3) is 0.333. The van der Waals surface area contributed by atoms with Crippen LogP contribution in [0.2, 0.25) is 0 Å². The van der Waals surface area contributed by atoms with E-state index in [4.69, 9.17) is 0 Å². The summed E-state index contributed by atoms with van der Waals surface area (Å²) < 4.78 is 76.3. The number of nitriles is 1. The van der Waals surface area contributed by atoms with Crippen LogP contribution in [0, 0.1) is 18.3 Å². The summed E-state index contributed by atoms with van der Waals surface area (Å²) in [5.41, 5.74) is 1.20. The van der Waals surface area contributed by atoms with Crippen molar-refractivity contribution in [2.45, 2.75) is 62.6 Å². The van der Waals surface area contributed by atoms with E-state index < -0.39 is 33.6 Å². The third-order valence-electron chi connectivity index (χ3n) is 9.26. The third kappa shape index (κ3) is 9.79. The lowest BCUT2D eigenvalue weighted by molar-refractivity contribution is -0.870. The van der Waals surface area contributed by atoms with Crippen LogP contribution in [0.4, 0.5) is 18.0 Å². The highest BCUT2D eigenvalue weighted by Gasteiger charge is 2.32. The number of hydrogen-bond acceptors (Lipinski definition) is 7. The lowest BCUT2D eigenvalue weighted by Crippen LogP contribution is -2.43. The highest BCUT2D eigenvalue weighted by Crippen LogP contribution is 2.33. The van der Waals surface area contributed by atoms with Crippen LogP contribution in [0.3, 0.4) is 0 Å². The van der Waals surface area contributed by atoms with Crippen molar-refractivity contribution in [2.75, 3.05) is 27.7 Å². The number of nitrogens with one attached hydrogen (secondary N) is 1. The number of imidazole rings is 1. The second kappa shape index (κ2) is 16.5. The minimum Gasteiger partial charge on any atom is -0.744 e. The molecule has 5 aromatic rings. The van der Waals surface area contributed by atoms with E-state index in [1.165, 1.54) is 36.4 Å². The van der Waals surface area contributed by atoms with E-state index in [0.717, 1.165) is 65.5 Å². The SMILES string of the molecule is Cc1c(-c2ccnn2-c2ccc(C#N)cc2CC[N+](C)(C)C)n(C(=O)NC2CCCCC2)c(=O)n1-c1cccc(C(F)(F)F)c1.O=S(=O)([O-])c1ccccc1. The van der Waals surface area contributed by atoms with Crippen molar-refractivity contribution in [3.8, 4) is 28.8 Å². The van der Waals surface area contributed by atoms with E-state index >= 15 is 0 Å². The molecule has 6 rings (SSSR count). The average molecular weight is 778 g/mol. The molecule has 290 valence electrons. The van der Waals surface area contributed by atoms with Gasteiger partial charge in [0.15, 0.2) is 0 Å². The van der Waals surface area contributed by atoms with Gasteiger partial charge in [-0.3, -0.25) is 4.57 Å². The first kappa shape index (κ1) is 40.7. The standard InChI is InChI=1S/C33H36F3N7O2.C6H6O3S/c1-22-30(29-15-17-38-42(29)28-14-13-23(21-37)19-24(28)16-18-43(2,3)4)41(31(44)39-26-10-6-5-7-11-26)32(45)40(22)27-12-8-9-25(20-27)33(34,35)36;7-10(8,9)6-4-2-1-3-5-6/h8-9,12-15,17,19-20,26H,5-7,10-11,16,18H2,1-4H3;1-5H,(H,7,8,9). The summed E-state index contributed by atoms with van der Waals surface area (Å²) >= 11 is 0. The Bertz CT molecular complexity index is 2360. The van der Waals surface area contributed by atoms with Crippen molar-refractivity contribution in [3.05, 3.63) is 118 Å². The maximum Gasteiger partial charge on any atom is 0.416 e. The summed E-state index contributed by atoms with van der Waals surface area (Å²) in [5.74, 6) is 0. The number of halogens is 3. The normalized spacial score (nSPS) is 13.8. The van der Waals surface area contributed by atoms with Crippen LogP contribution in [0.25, 0.3) is 22.8 Å². The van der Waals surface area contributed by atoms with Gasteiger partial charge in [0.05, 0.1) is 78.7 Å². The molecule has 1 saturated carbocycles. The second-order valence-electron chi connectivity index (χ2n) is 14.3. The first-order valence-electron chi connectivity index (χ1n) is 17.6. The molecule has 0 bridgehead atoms. The number of likely N-dealkylation sites (N-methyl/N-ethyl adjacent to an activating group) is 1. The smallest absolute Gasteiger partial charge is 0.416 e. The molecule has 0 radical (unpaired) electrons. The van der Waals surface area contributed by atoms with E-state index in [-0.39, 0.29) is 28.0 Å². The molecule has 0 atom stereocenters. The molecule has 1 aliphatic carbocycles. The lowest BCUT2D eigenvalue weighted by Gasteiger charge is -2.24. The fourth-order valence-corrected chi connectivity index (χ4v) is 6.98. The van der Waals surface area contributed by atoms with E-state index in [1.807, 2.05) is 0 Å². The number of amides is 1. The van der Waals surface area contributed by atoms with Crippen molar-refractivity contribution in [2.24, 2.45) is 0 Å². The molecule has 0 aliphatic heterocycles. The van der Waals surface area contributed by atoms with E-state index in [0.29, 0.717) is 27.8 Å². The monoisotopic (exact) mass is 777 g/mol. The summed E-state index contributed by atoms with van der Waals surface area (Å²) in [6.45, 7) is 2.37. The summed E-state index contributed by atoms with van der Waals surface area (Å²) in [6, 6.07) is 20.0. The zero-order valence-corrected chi connectivity index (χ0v) is 31.7. The Morgan fingerprint density at radius 2 is 1.69 bits per heavy atom. The van der Waals surface area contributed by atoms with Crippen molar-refractivity contribution in [1.82, 2.24) is 24.2 Å². The van der Waals surface area contributed by atoms with E-state index in [9.17, 15) is 41.0 Å². The van der Waals surface area contributed by atoms with Crippen LogP contribution in [0.15, 0.2) is 94.7 Å². The number of rotatable bonds is 8. The molecule has 1 amide bonds. The van der Waals surface area contributed by atoms with Crippen molar-refractivity contribution in [3.63, 3.8) is 0 Å². The largest absolute Gasteiger partial charge is 0.744 e. The molecule has 1 N–H and O–H groups in total. The fourth-order valence-electron chi connectivity index (χ4n) is 6.49. The van der Waals surface area contributed by atoms with Gasteiger partial charge in [-0.05, 0) is 79.9 Å². The molecule has 1 fully saturated rings. The predicted octanol–water partition coefficient (Wildman–Crippen LogP) is 6.42. The maximum atomic E-state index is 14.1.